The Morgan fingerprint density at radius 2 is 2.08 bits per heavy atom. The molecule has 130 valence electrons. The molecule has 2 rings (SSSR count). The first-order chi connectivity index (χ1) is 11.6. The van der Waals surface area contributed by atoms with E-state index in [1.807, 2.05) is 12.1 Å². The normalized spacial score (nSPS) is 12.2. The van der Waals surface area contributed by atoms with E-state index in [0.29, 0.717) is 17.9 Å². The minimum Gasteiger partial charge on any atom is -0.497 e. The van der Waals surface area contributed by atoms with Gasteiger partial charge in [0.25, 0.3) is 5.91 Å². The number of amides is 1. The number of nitrogens with one attached hydrogen (secondary N) is 1. The largest absolute Gasteiger partial charge is 0.497 e. The van der Waals surface area contributed by atoms with Gasteiger partial charge in [0.05, 0.1) is 18.7 Å². The lowest BCUT2D eigenvalue weighted by Crippen LogP contribution is -2.38. The van der Waals surface area contributed by atoms with Crippen molar-refractivity contribution in [2.75, 3.05) is 26.7 Å². The maximum absolute atomic E-state index is 12.6. The molecule has 2 aromatic rings. The molecule has 0 unspecified atom stereocenters. The number of rotatable bonds is 8. The van der Waals surface area contributed by atoms with Crippen LogP contribution in [0.3, 0.4) is 0 Å². The minimum absolute atomic E-state index is 0.104. The summed E-state index contributed by atoms with van der Waals surface area (Å²) in [5.41, 5.74) is 1.83. The number of hydrogen-bond acceptors (Lipinski definition) is 4. The summed E-state index contributed by atoms with van der Waals surface area (Å²) in [5.74, 6) is 0.564. The number of carbonyl (C=O) groups is 1. The molecule has 4 nitrogen and oxygen atoms in total. The number of hydrogen-bond donors (Lipinski definition) is 1. The topological polar surface area (TPSA) is 41.6 Å². The average Bonchev–Trinajstić information content (AvgIpc) is 3.13. The number of halogens is 1. The van der Waals surface area contributed by atoms with Gasteiger partial charge < -0.3 is 10.1 Å². The van der Waals surface area contributed by atoms with Gasteiger partial charge in [0.15, 0.2) is 0 Å². The summed E-state index contributed by atoms with van der Waals surface area (Å²) >= 11 is 5.12. The third-order valence-electron chi connectivity index (χ3n) is 4.06. The maximum atomic E-state index is 12.6. The number of thiophene rings is 1. The highest BCUT2D eigenvalue weighted by Crippen LogP contribution is 2.24. The first-order valence-electron chi connectivity index (χ1n) is 7.98. The zero-order chi connectivity index (χ0) is 17.5. The fraction of sp³-hybridized carbons (Fsp3) is 0.389. The van der Waals surface area contributed by atoms with E-state index in [-0.39, 0.29) is 11.9 Å². The molecule has 0 bridgehead atoms. The standard InChI is InChI=1S/C18H23BrN2O2S/c1-4-21(5-2)17(13-8-9-24-12-13)11-20-18(22)15-10-14(23-3)6-7-16(15)19/h6-10,12,17H,4-5,11H2,1-3H3,(H,20,22)/t17-/m0/s1. The van der Waals surface area contributed by atoms with Crippen LogP contribution in [0.4, 0.5) is 0 Å². The van der Waals surface area contributed by atoms with Crippen molar-refractivity contribution >= 4 is 33.2 Å². The quantitative estimate of drug-likeness (QED) is 0.703. The van der Waals surface area contributed by atoms with Crippen LogP contribution in [0.25, 0.3) is 0 Å². The monoisotopic (exact) mass is 410 g/mol. The van der Waals surface area contributed by atoms with E-state index in [4.69, 9.17) is 4.74 Å². The van der Waals surface area contributed by atoms with Gasteiger partial charge >= 0.3 is 0 Å². The van der Waals surface area contributed by atoms with E-state index in [0.717, 1.165) is 17.6 Å². The number of ether oxygens (including phenoxy) is 1. The second-order valence-corrected chi connectivity index (χ2v) is 6.98. The molecule has 1 atom stereocenters. The van der Waals surface area contributed by atoms with E-state index in [2.05, 4.69) is 56.8 Å². The first kappa shape index (κ1) is 19.0. The highest BCUT2D eigenvalue weighted by molar-refractivity contribution is 9.10. The molecular weight excluding hydrogens is 388 g/mol. The van der Waals surface area contributed by atoms with Crippen molar-refractivity contribution in [1.82, 2.24) is 10.2 Å². The predicted molar refractivity (Wildman–Crippen MR) is 103 cm³/mol. The van der Waals surface area contributed by atoms with Crippen LogP contribution in [-0.4, -0.2) is 37.6 Å². The summed E-state index contributed by atoms with van der Waals surface area (Å²) in [5, 5.41) is 7.29. The Labute approximate surface area is 156 Å². The van der Waals surface area contributed by atoms with Crippen LogP contribution in [-0.2, 0) is 0 Å². The SMILES string of the molecule is CCN(CC)[C@@H](CNC(=O)c1cc(OC)ccc1Br)c1ccsc1. The lowest BCUT2D eigenvalue weighted by atomic mass is 10.1. The van der Waals surface area contributed by atoms with Crippen LogP contribution in [0, 0.1) is 0 Å². The molecule has 1 heterocycles. The third kappa shape index (κ3) is 4.59. The molecule has 0 aliphatic carbocycles. The van der Waals surface area contributed by atoms with E-state index >= 15 is 0 Å². The Hall–Kier alpha value is -1.37. The molecule has 24 heavy (non-hydrogen) atoms. The number of carbonyl (C=O) groups excluding carboxylic acids is 1. The van der Waals surface area contributed by atoms with Crippen LogP contribution >= 0.6 is 27.3 Å². The Bertz CT molecular complexity index is 657. The molecule has 0 spiro atoms. The predicted octanol–water partition coefficient (Wildman–Crippen LogP) is 4.33. The lowest BCUT2D eigenvalue weighted by Gasteiger charge is -2.29. The smallest absolute Gasteiger partial charge is 0.252 e. The Kier molecular flexibility index (Phi) is 7.27. The number of methoxy groups -OCH3 is 1. The minimum atomic E-state index is -0.104. The molecule has 1 aromatic carbocycles. The van der Waals surface area contributed by atoms with Gasteiger partial charge in [-0.15, -0.1) is 0 Å². The molecule has 0 aliphatic heterocycles. The van der Waals surface area contributed by atoms with E-state index in [9.17, 15) is 4.79 Å². The van der Waals surface area contributed by atoms with Crippen LogP contribution in [0.2, 0.25) is 0 Å². The molecule has 0 aliphatic rings. The fourth-order valence-corrected chi connectivity index (χ4v) is 3.81. The molecule has 1 aromatic heterocycles. The highest BCUT2D eigenvalue weighted by atomic mass is 79.9. The molecular formula is C18H23BrN2O2S. The van der Waals surface area contributed by atoms with Gasteiger partial charge in [-0.25, -0.2) is 0 Å². The van der Waals surface area contributed by atoms with Crippen molar-refractivity contribution in [1.29, 1.82) is 0 Å². The van der Waals surface area contributed by atoms with Crippen molar-refractivity contribution in [2.24, 2.45) is 0 Å². The Morgan fingerprint density at radius 3 is 2.67 bits per heavy atom. The second kappa shape index (κ2) is 9.20. The summed E-state index contributed by atoms with van der Waals surface area (Å²) in [6.45, 7) is 6.74. The van der Waals surface area contributed by atoms with Gasteiger partial charge in [0.2, 0.25) is 0 Å². The van der Waals surface area contributed by atoms with Crippen LogP contribution in [0.1, 0.15) is 35.8 Å². The maximum Gasteiger partial charge on any atom is 0.252 e. The molecule has 6 heteroatoms. The third-order valence-corrected chi connectivity index (χ3v) is 5.45. The molecule has 0 saturated carbocycles. The van der Waals surface area contributed by atoms with E-state index in [1.54, 1.807) is 24.5 Å². The molecule has 0 saturated heterocycles. The van der Waals surface area contributed by atoms with Crippen molar-refractivity contribution in [3.05, 3.63) is 50.6 Å². The van der Waals surface area contributed by atoms with Gasteiger partial charge in [-0.2, -0.15) is 11.3 Å². The van der Waals surface area contributed by atoms with Crippen LogP contribution in [0.15, 0.2) is 39.5 Å². The number of benzene rings is 1. The zero-order valence-corrected chi connectivity index (χ0v) is 16.6. The van der Waals surface area contributed by atoms with Crippen LogP contribution in [0.5, 0.6) is 5.75 Å². The van der Waals surface area contributed by atoms with Crippen molar-refractivity contribution in [2.45, 2.75) is 19.9 Å². The summed E-state index contributed by atoms with van der Waals surface area (Å²) in [6, 6.07) is 7.71. The van der Waals surface area contributed by atoms with Crippen molar-refractivity contribution in [3.63, 3.8) is 0 Å². The van der Waals surface area contributed by atoms with E-state index < -0.39 is 0 Å². The first-order valence-corrected chi connectivity index (χ1v) is 9.72. The lowest BCUT2D eigenvalue weighted by molar-refractivity contribution is 0.0934. The van der Waals surface area contributed by atoms with E-state index in [1.165, 1.54) is 5.56 Å². The van der Waals surface area contributed by atoms with Gasteiger partial charge in [0, 0.05) is 11.0 Å². The van der Waals surface area contributed by atoms with Gasteiger partial charge in [0.1, 0.15) is 5.75 Å². The van der Waals surface area contributed by atoms with Crippen molar-refractivity contribution in [3.8, 4) is 5.75 Å². The molecule has 0 fully saturated rings. The fourth-order valence-electron chi connectivity index (χ4n) is 2.68. The second-order valence-electron chi connectivity index (χ2n) is 5.35. The van der Waals surface area contributed by atoms with Gasteiger partial charge in [-0.05, 0) is 69.6 Å². The Balaban J connectivity index is 2.13. The summed E-state index contributed by atoms with van der Waals surface area (Å²) in [7, 11) is 1.60. The molecule has 1 amide bonds. The average molecular weight is 411 g/mol. The summed E-state index contributed by atoms with van der Waals surface area (Å²) < 4.78 is 5.97. The van der Waals surface area contributed by atoms with Gasteiger partial charge in [-0.3, -0.25) is 9.69 Å². The van der Waals surface area contributed by atoms with Crippen molar-refractivity contribution < 1.29 is 9.53 Å². The molecule has 1 N–H and O–H groups in total. The highest BCUT2D eigenvalue weighted by Gasteiger charge is 2.20. The zero-order valence-electron chi connectivity index (χ0n) is 14.2. The van der Waals surface area contributed by atoms with Crippen LogP contribution < -0.4 is 10.1 Å². The molecule has 0 radical (unpaired) electrons. The number of likely N-dealkylation sites (N-methyl/N-ethyl adjacent to an activating group) is 1. The number of nitrogens with zero attached hydrogens (tertiary/aromatic N) is 1. The Morgan fingerprint density at radius 1 is 1.33 bits per heavy atom. The summed E-state index contributed by atoms with van der Waals surface area (Å²) in [4.78, 5) is 14.9. The van der Waals surface area contributed by atoms with Gasteiger partial charge in [-0.1, -0.05) is 13.8 Å². The summed E-state index contributed by atoms with van der Waals surface area (Å²) in [6.07, 6.45) is 0.